The normalized spacial score (nSPS) is 18.5. The van der Waals surface area contributed by atoms with Crippen molar-refractivity contribution in [1.29, 1.82) is 0 Å². The molecule has 5 rings (SSSR count). The van der Waals surface area contributed by atoms with Gasteiger partial charge in [0.15, 0.2) is 0 Å². The van der Waals surface area contributed by atoms with Crippen molar-refractivity contribution in [2.24, 2.45) is 16.8 Å². The first-order chi connectivity index (χ1) is 19.2. The molecule has 0 radical (unpaired) electrons. The van der Waals surface area contributed by atoms with Gasteiger partial charge in [0.2, 0.25) is 0 Å². The molecule has 2 nitrogen and oxygen atoms in total. The average Bonchev–Trinajstić information content (AvgIpc) is 2.96. The number of rotatable bonds is 10. The van der Waals surface area contributed by atoms with Crippen molar-refractivity contribution >= 4 is 25.4 Å². The lowest BCUT2D eigenvalue weighted by Gasteiger charge is -2.22. The summed E-state index contributed by atoms with van der Waals surface area (Å²) in [5.74, 6) is 1.64. The van der Waals surface area contributed by atoms with Crippen molar-refractivity contribution in [2.75, 3.05) is 7.05 Å². The van der Waals surface area contributed by atoms with Crippen molar-refractivity contribution < 1.29 is 9.13 Å². The number of nitrogens with zero attached hydrogens (tertiary/aromatic N) is 1. The van der Waals surface area contributed by atoms with E-state index < -0.39 is 0 Å². The van der Waals surface area contributed by atoms with Crippen LogP contribution in [0.2, 0.25) is 0 Å². The summed E-state index contributed by atoms with van der Waals surface area (Å²) in [5.41, 5.74) is 4.53. The van der Waals surface area contributed by atoms with Crippen LogP contribution in [0.5, 0.6) is 5.75 Å². The van der Waals surface area contributed by atoms with Gasteiger partial charge in [0.25, 0.3) is 0 Å². The summed E-state index contributed by atoms with van der Waals surface area (Å²) in [4.78, 5) is 4.19. The van der Waals surface area contributed by atoms with Crippen molar-refractivity contribution in [3.05, 3.63) is 137 Å². The smallest absolute Gasteiger partial charge is 0.130 e. The summed E-state index contributed by atoms with van der Waals surface area (Å²) < 4.78 is 20.8. The second-order valence-electron chi connectivity index (χ2n) is 10.2. The summed E-state index contributed by atoms with van der Waals surface area (Å²) in [6, 6.07) is 20.0. The predicted molar refractivity (Wildman–Crippen MR) is 165 cm³/mol. The average molecular weight is 536 g/mol. The van der Waals surface area contributed by atoms with Crippen LogP contribution in [0, 0.1) is 17.7 Å². The first kappa shape index (κ1) is 27.0. The highest BCUT2D eigenvalue weighted by molar-refractivity contribution is 7.56. The van der Waals surface area contributed by atoms with Crippen LogP contribution >= 0.6 is 8.58 Å². The van der Waals surface area contributed by atoms with Gasteiger partial charge in [0.05, 0.1) is 0 Å². The van der Waals surface area contributed by atoms with Gasteiger partial charge in [-0.1, -0.05) is 99.7 Å². The largest absolute Gasteiger partial charge is 0.488 e. The highest BCUT2D eigenvalue weighted by Gasteiger charge is 2.19. The minimum Gasteiger partial charge on any atom is -0.488 e. The number of hydrogen-bond acceptors (Lipinski definition) is 2. The molecule has 4 heteroatoms. The van der Waals surface area contributed by atoms with Gasteiger partial charge in [-0.05, 0) is 77.7 Å². The highest BCUT2D eigenvalue weighted by atomic mass is 31.1. The number of hydrogen-bond donors (Lipinski definition) is 0. The first-order valence-electron chi connectivity index (χ1n) is 13.7. The fourth-order valence-electron chi connectivity index (χ4n) is 5.21. The Morgan fingerprint density at radius 3 is 2.28 bits per heavy atom. The number of aliphatic imine (C=N–C) groups is 1. The monoisotopic (exact) mass is 535 g/mol. The summed E-state index contributed by atoms with van der Waals surface area (Å²) in [5, 5.41) is 2.23. The number of ether oxygens (including phenoxy) is 1. The van der Waals surface area contributed by atoms with Gasteiger partial charge in [-0.25, -0.2) is 4.39 Å². The van der Waals surface area contributed by atoms with Gasteiger partial charge in [-0.3, -0.25) is 4.99 Å². The van der Waals surface area contributed by atoms with Crippen LogP contribution < -0.4 is 15.3 Å². The molecule has 0 aliphatic heterocycles. The van der Waals surface area contributed by atoms with Crippen LogP contribution in [0.15, 0.2) is 114 Å². The third-order valence-electron chi connectivity index (χ3n) is 7.12. The molecular weight excluding hydrogens is 500 g/mol. The van der Waals surface area contributed by atoms with Crippen LogP contribution in [0.25, 0.3) is 0 Å². The van der Waals surface area contributed by atoms with E-state index in [1.807, 2.05) is 24.3 Å². The van der Waals surface area contributed by atoms with Gasteiger partial charge in [-0.15, -0.1) is 0 Å². The molecular formula is C35H35FNOP. The van der Waals surface area contributed by atoms with E-state index in [9.17, 15) is 4.39 Å². The fraction of sp³-hybridized carbons (Fsp3) is 0.229. The second kappa shape index (κ2) is 13.5. The third-order valence-corrected chi connectivity index (χ3v) is 8.49. The lowest BCUT2D eigenvalue weighted by Crippen LogP contribution is -2.17. The van der Waals surface area contributed by atoms with Gasteiger partial charge in [0.1, 0.15) is 18.2 Å². The maximum absolute atomic E-state index is 14.1. The van der Waals surface area contributed by atoms with E-state index >= 15 is 0 Å². The zero-order chi connectivity index (χ0) is 26.9. The Balaban J connectivity index is 1.56. The van der Waals surface area contributed by atoms with Gasteiger partial charge in [0, 0.05) is 24.1 Å². The molecule has 3 atom stereocenters. The van der Waals surface area contributed by atoms with E-state index in [0.717, 1.165) is 47.9 Å². The minimum atomic E-state index is -0.247. The Hall–Kier alpha value is -3.55. The van der Waals surface area contributed by atoms with Crippen molar-refractivity contribution in [3.8, 4) is 5.75 Å². The van der Waals surface area contributed by atoms with Crippen LogP contribution in [0.1, 0.15) is 35.1 Å². The van der Waals surface area contributed by atoms with Crippen LogP contribution in [-0.4, -0.2) is 13.3 Å². The highest BCUT2D eigenvalue weighted by Crippen LogP contribution is 2.32. The summed E-state index contributed by atoms with van der Waals surface area (Å²) in [6.45, 7) is 0.508. The molecule has 0 fully saturated rings. The first-order valence-corrected chi connectivity index (χ1v) is 14.7. The van der Waals surface area contributed by atoms with E-state index in [-0.39, 0.29) is 5.82 Å². The maximum atomic E-state index is 14.1. The van der Waals surface area contributed by atoms with E-state index in [0.29, 0.717) is 27.0 Å². The van der Waals surface area contributed by atoms with Gasteiger partial charge < -0.3 is 4.74 Å². The standard InChI is InChI=1S/C35H35FNOP/c1-37-24-31-23-32(36)17-18-33(31)39-34-22-29(19-26-11-5-2-6-12-26)21-30(20-27-13-7-3-8-14-27)35(34)38-25-28-15-9-4-10-16-28/h2-11,13,15-18,21-24,26-27,39H,12,14,19-20,25H2,1H3. The lowest BCUT2D eigenvalue weighted by molar-refractivity contribution is 0.304. The summed E-state index contributed by atoms with van der Waals surface area (Å²) >= 11 is 0. The number of benzene rings is 3. The van der Waals surface area contributed by atoms with E-state index in [1.165, 1.54) is 16.4 Å². The molecule has 39 heavy (non-hydrogen) atoms. The van der Waals surface area contributed by atoms with Crippen LogP contribution in [0.4, 0.5) is 4.39 Å². The van der Waals surface area contributed by atoms with E-state index in [1.54, 1.807) is 25.4 Å². The molecule has 2 aliphatic rings. The molecule has 0 amide bonds. The molecule has 0 aromatic heterocycles. The Morgan fingerprint density at radius 1 is 0.846 bits per heavy atom. The predicted octanol–water partition coefficient (Wildman–Crippen LogP) is 7.43. The van der Waals surface area contributed by atoms with Crippen LogP contribution in [-0.2, 0) is 19.4 Å². The van der Waals surface area contributed by atoms with Gasteiger partial charge >= 0.3 is 0 Å². The molecule has 0 heterocycles. The molecule has 0 spiro atoms. The molecule has 0 saturated heterocycles. The Kier molecular flexibility index (Phi) is 9.35. The maximum Gasteiger partial charge on any atom is 0.130 e. The number of halogens is 1. The Labute approximate surface area is 233 Å². The van der Waals surface area contributed by atoms with Crippen molar-refractivity contribution in [2.45, 2.75) is 32.3 Å². The molecule has 198 valence electrons. The van der Waals surface area contributed by atoms with Crippen LogP contribution in [0.3, 0.4) is 0 Å². The SMILES string of the molecule is CN=Cc1cc(F)ccc1Pc1cc(CC2C=CC=CC2)cc(CC2C=CC=CC2)c1OCc1ccccc1. The lowest BCUT2D eigenvalue weighted by atomic mass is 9.89. The molecule has 0 saturated carbocycles. The molecule has 3 aromatic carbocycles. The molecule has 2 aliphatic carbocycles. The minimum absolute atomic E-state index is 0.247. The van der Waals surface area contributed by atoms with Crippen molar-refractivity contribution in [1.82, 2.24) is 0 Å². The Bertz CT molecular complexity index is 1420. The summed E-state index contributed by atoms with van der Waals surface area (Å²) in [6.07, 6.45) is 23.4. The quantitative estimate of drug-likeness (QED) is 0.195. The second-order valence-corrected chi connectivity index (χ2v) is 11.5. The topological polar surface area (TPSA) is 21.6 Å². The zero-order valence-electron chi connectivity index (χ0n) is 22.4. The summed E-state index contributed by atoms with van der Waals surface area (Å²) in [7, 11) is 2.04. The molecule has 3 aromatic rings. The van der Waals surface area contributed by atoms with Crippen molar-refractivity contribution in [3.63, 3.8) is 0 Å². The number of allylic oxidation sites excluding steroid dienone is 8. The van der Waals surface area contributed by atoms with Gasteiger partial charge in [-0.2, -0.15) is 0 Å². The molecule has 0 N–H and O–H groups in total. The van der Waals surface area contributed by atoms with E-state index in [2.05, 4.69) is 77.9 Å². The molecule has 3 unspecified atom stereocenters. The Morgan fingerprint density at radius 2 is 1.59 bits per heavy atom. The third kappa shape index (κ3) is 7.52. The molecule has 0 bridgehead atoms. The van der Waals surface area contributed by atoms with E-state index in [4.69, 9.17) is 4.74 Å². The fourth-order valence-corrected chi connectivity index (χ4v) is 6.55. The zero-order valence-corrected chi connectivity index (χ0v) is 23.4.